The molecule has 0 aromatic heterocycles. The van der Waals surface area contributed by atoms with Crippen LogP contribution in [-0.4, -0.2) is 17.1 Å². The van der Waals surface area contributed by atoms with E-state index in [9.17, 15) is 10.1 Å². The summed E-state index contributed by atoms with van der Waals surface area (Å²) in [5.41, 5.74) is 1.02. The Balaban J connectivity index is 2.77. The molecule has 0 fully saturated rings. The van der Waals surface area contributed by atoms with Crippen molar-refractivity contribution in [3.05, 3.63) is 33.9 Å². The minimum atomic E-state index is -0.393. The highest BCUT2D eigenvalue weighted by Gasteiger charge is 2.16. The summed E-state index contributed by atoms with van der Waals surface area (Å²) in [6.07, 6.45) is 3.08. The summed E-state index contributed by atoms with van der Waals surface area (Å²) in [7, 11) is 0. The third kappa shape index (κ3) is 6.58. The molecule has 0 saturated carbocycles. The van der Waals surface area contributed by atoms with Crippen LogP contribution in [0.1, 0.15) is 52.5 Å². The Kier molecular flexibility index (Phi) is 6.62. The number of hydrogen-bond acceptors (Lipinski definition) is 4. The minimum Gasteiger partial charge on any atom is -0.487 e. The summed E-state index contributed by atoms with van der Waals surface area (Å²) in [6, 6.07) is 5.06. The molecule has 0 aliphatic rings. The molecular weight excluding hydrogens is 268 g/mol. The van der Waals surface area contributed by atoms with Gasteiger partial charge in [-0.2, -0.15) is 0 Å². The van der Waals surface area contributed by atoms with Crippen molar-refractivity contribution in [3.63, 3.8) is 0 Å². The van der Waals surface area contributed by atoms with Crippen molar-refractivity contribution >= 4 is 5.69 Å². The van der Waals surface area contributed by atoms with E-state index in [0.29, 0.717) is 18.9 Å². The van der Waals surface area contributed by atoms with Crippen molar-refractivity contribution in [2.75, 3.05) is 6.61 Å². The second-order valence-electron chi connectivity index (χ2n) is 6.22. The molecule has 5 nitrogen and oxygen atoms in total. The van der Waals surface area contributed by atoms with Crippen LogP contribution in [0.4, 0.5) is 5.69 Å². The van der Waals surface area contributed by atoms with E-state index in [1.165, 1.54) is 6.07 Å². The molecular formula is C16H26N2O3. The van der Waals surface area contributed by atoms with Crippen LogP contribution >= 0.6 is 0 Å². The van der Waals surface area contributed by atoms with Gasteiger partial charge in [-0.1, -0.05) is 25.8 Å². The number of rotatable bonds is 8. The fourth-order valence-corrected chi connectivity index (χ4v) is 1.84. The summed E-state index contributed by atoms with van der Waals surface area (Å²) in [5, 5.41) is 14.4. The van der Waals surface area contributed by atoms with Crippen LogP contribution in [-0.2, 0) is 6.54 Å². The number of ether oxygens (including phenoxy) is 1. The molecule has 1 N–H and O–H groups in total. The number of nitrogens with zero attached hydrogens (tertiary/aromatic N) is 1. The lowest BCUT2D eigenvalue weighted by molar-refractivity contribution is -0.385. The van der Waals surface area contributed by atoms with Crippen molar-refractivity contribution in [2.24, 2.45) is 0 Å². The number of nitro groups is 1. The summed E-state index contributed by atoms with van der Waals surface area (Å²) in [6.45, 7) is 9.54. The van der Waals surface area contributed by atoms with Gasteiger partial charge in [0.1, 0.15) is 0 Å². The number of hydrogen-bond donors (Lipinski definition) is 1. The lowest BCUT2D eigenvalue weighted by Crippen LogP contribution is -2.35. The van der Waals surface area contributed by atoms with E-state index >= 15 is 0 Å². The molecule has 0 radical (unpaired) electrons. The quantitative estimate of drug-likeness (QED) is 0.446. The van der Waals surface area contributed by atoms with E-state index in [-0.39, 0.29) is 11.2 Å². The van der Waals surface area contributed by atoms with Crippen molar-refractivity contribution in [3.8, 4) is 5.75 Å². The SMILES string of the molecule is CCCCCOc1cc(CNC(C)(C)C)ccc1[N+](=O)[O-]. The second-order valence-corrected chi connectivity index (χ2v) is 6.22. The first-order valence-corrected chi connectivity index (χ1v) is 7.48. The summed E-state index contributed by atoms with van der Waals surface area (Å²) >= 11 is 0. The monoisotopic (exact) mass is 294 g/mol. The Hall–Kier alpha value is -1.62. The molecule has 0 aliphatic carbocycles. The normalized spacial score (nSPS) is 11.4. The number of nitrogens with one attached hydrogen (secondary N) is 1. The largest absolute Gasteiger partial charge is 0.487 e. The number of unbranched alkanes of at least 4 members (excludes halogenated alkanes) is 2. The lowest BCUT2D eigenvalue weighted by Gasteiger charge is -2.20. The van der Waals surface area contributed by atoms with E-state index < -0.39 is 4.92 Å². The Bertz CT molecular complexity index is 467. The van der Waals surface area contributed by atoms with Gasteiger partial charge in [0.25, 0.3) is 0 Å². The average molecular weight is 294 g/mol. The summed E-state index contributed by atoms with van der Waals surface area (Å²) in [5.74, 6) is 0.365. The van der Waals surface area contributed by atoms with Gasteiger partial charge in [0, 0.05) is 18.2 Å². The van der Waals surface area contributed by atoms with Crippen LogP contribution in [0, 0.1) is 10.1 Å². The van der Waals surface area contributed by atoms with Gasteiger partial charge in [0.15, 0.2) is 5.75 Å². The zero-order chi connectivity index (χ0) is 15.9. The maximum Gasteiger partial charge on any atom is 0.310 e. The van der Waals surface area contributed by atoms with Crippen molar-refractivity contribution in [1.29, 1.82) is 0 Å². The fourth-order valence-electron chi connectivity index (χ4n) is 1.84. The standard InChI is InChI=1S/C16H26N2O3/c1-5-6-7-10-21-15-11-13(12-17-16(2,3)4)8-9-14(15)18(19)20/h8-9,11,17H,5-7,10,12H2,1-4H3. The number of benzene rings is 1. The first-order valence-electron chi connectivity index (χ1n) is 7.48. The molecule has 1 aromatic carbocycles. The Morgan fingerprint density at radius 3 is 2.57 bits per heavy atom. The molecule has 5 heteroatoms. The van der Waals surface area contributed by atoms with E-state index in [4.69, 9.17) is 4.74 Å². The van der Waals surface area contributed by atoms with Crippen LogP contribution in [0.15, 0.2) is 18.2 Å². The van der Waals surface area contributed by atoms with Gasteiger partial charge < -0.3 is 10.1 Å². The molecule has 0 spiro atoms. The Morgan fingerprint density at radius 2 is 2.00 bits per heavy atom. The molecule has 1 aromatic rings. The molecule has 0 atom stereocenters. The summed E-state index contributed by atoms with van der Waals surface area (Å²) in [4.78, 5) is 10.7. The highest BCUT2D eigenvalue weighted by atomic mass is 16.6. The highest BCUT2D eigenvalue weighted by Crippen LogP contribution is 2.28. The molecule has 21 heavy (non-hydrogen) atoms. The van der Waals surface area contributed by atoms with Gasteiger partial charge in [0.05, 0.1) is 11.5 Å². The van der Waals surface area contributed by atoms with E-state index in [2.05, 4.69) is 33.0 Å². The Labute approximate surface area is 126 Å². The molecule has 118 valence electrons. The molecule has 0 unspecified atom stereocenters. The topological polar surface area (TPSA) is 64.4 Å². The first-order chi connectivity index (χ1) is 9.83. The predicted molar refractivity (Wildman–Crippen MR) is 84.7 cm³/mol. The maximum absolute atomic E-state index is 11.0. The van der Waals surface area contributed by atoms with Crippen LogP contribution in [0.25, 0.3) is 0 Å². The smallest absolute Gasteiger partial charge is 0.310 e. The zero-order valence-corrected chi connectivity index (χ0v) is 13.4. The number of nitro benzene ring substituents is 1. The van der Waals surface area contributed by atoms with Crippen LogP contribution in [0.5, 0.6) is 5.75 Å². The van der Waals surface area contributed by atoms with Gasteiger partial charge in [0.2, 0.25) is 0 Å². The van der Waals surface area contributed by atoms with Crippen LogP contribution in [0.3, 0.4) is 0 Å². The van der Waals surface area contributed by atoms with Crippen molar-refractivity contribution in [2.45, 2.75) is 59.0 Å². The summed E-state index contributed by atoms with van der Waals surface area (Å²) < 4.78 is 5.60. The van der Waals surface area contributed by atoms with Crippen molar-refractivity contribution < 1.29 is 9.66 Å². The molecule has 0 heterocycles. The van der Waals surface area contributed by atoms with Gasteiger partial charge in [-0.15, -0.1) is 0 Å². The molecule has 0 bridgehead atoms. The maximum atomic E-state index is 11.0. The third-order valence-electron chi connectivity index (χ3n) is 3.05. The van der Waals surface area contributed by atoms with Gasteiger partial charge in [-0.25, -0.2) is 0 Å². The van der Waals surface area contributed by atoms with E-state index in [1.807, 2.05) is 0 Å². The molecule has 0 saturated heterocycles. The van der Waals surface area contributed by atoms with Crippen molar-refractivity contribution in [1.82, 2.24) is 5.32 Å². The van der Waals surface area contributed by atoms with E-state index in [1.54, 1.807) is 12.1 Å². The lowest BCUT2D eigenvalue weighted by atomic mass is 10.1. The molecule has 1 rings (SSSR count). The minimum absolute atomic E-state index is 0.00389. The second kappa shape index (κ2) is 7.98. The third-order valence-corrected chi connectivity index (χ3v) is 3.05. The Morgan fingerprint density at radius 1 is 1.29 bits per heavy atom. The highest BCUT2D eigenvalue weighted by molar-refractivity contribution is 5.48. The molecule has 0 aliphatic heterocycles. The van der Waals surface area contributed by atoms with Gasteiger partial charge >= 0.3 is 5.69 Å². The van der Waals surface area contributed by atoms with E-state index in [0.717, 1.165) is 24.8 Å². The first kappa shape index (κ1) is 17.4. The van der Waals surface area contributed by atoms with Crippen LogP contribution in [0.2, 0.25) is 0 Å². The van der Waals surface area contributed by atoms with Crippen LogP contribution < -0.4 is 10.1 Å². The predicted octanol–water partition coefficient (Wildman–Crippen LogP) is 4.05. The average Bonchev–Trinajstić information content (AvgIpc) is 2.40. The van der Waals surface area contributed by atoms with Gasteiger partial charge in [-0.3, -0.25) is 10.1 Å². The van der Waals surface area contributed by atoms with Gasteiger partial charge in [-0.05, 0) is 38.8 Å². The fraction of sp³-hybridized carbons (Fsp3) is 0.625. The zero-order valence-electron chi connectivity index (χ0n) is 13.4. The molecule has 0 amide bonds.